The second-order valence-electron chi connectivity index (χ2n) is 8.02. The van der Waals surface area contributed by atoms with Crippen LogP contribution in [-0.4, -0.2) is 58.1 Å². The Hall–Kier alpha value is -2.70. The summed E-state index contributed by atoms with van der Waals surface area (Å²) in [6, 6.07) is 14.6. The highest BCUT2D eigenvalue weighted by Crippen LogP contribution is 2.33. The highest BCUT2D eigenvalue weighted by molar-refractivity contribution is 5.96. The molecule has 0 saturated carbocycles. The lowest BCUT2D eigenvalue weighted by Crippen LogP contribution is -2.46. The van der Waals surface area contributed by atoms with Crippen LogP contribution in [0.3, 0.4) is 0 Å². The first kappa shape index (κ1) is 17.4. The molecule has 3 N–H and O–H groups in total. The fraction of sp³-hybridized carbons (Fsp3) is 0.364. The number of fused-ring (bicyclic) bond motifs is 2. The maximum Gasteiger partial charge on any atom is 0.240 e. The standard InChI is InChI=1S/C22H25N5O/c1-26-12-15(23)11-20(26)22(28)27-10-9-19-18(13-27)21(25-24-19)17-8-4-6-14-5-2-3-7-16(14)17/h2-8,15,20H,9-13,23H2,1H3,(H,24,25)/t15-,20-/m0/s1. The third-order valence-corrected chi connectivity index (χ3v) is 6.16. The van der Waals surface area contributed by atoms with Gasteiger partial charge in [0, 0.05) is 48.9 Å². The molecule has 0 unspecified atom stereocenters. The van der Waals surface area contributed by atoms with Gasteiger partial charge < -0.3 is 10.6 Å². The van der Waals surface area contributed by atoms with E-state index in [-0.39, 0.29) is 18.0 Å². The topological polar surface area (TPSA) is 78.2 Å². The van der Waals surface area contributed by atoms with Crippen molar-refractivity contribution in [2.45, 2.75) is 31.5 Å². The van der Waals surface area contributed by atoms with Crippen LogP contribution in [0, 0.1) is 0 Å². The summed E-state index contributed by atoms with van der Waals surface area (Å²) in [6.45, 7) is 2.11. The highest BCUT2D eigenvalue weighted by Gasteiger charge is 2.37. The Kier molecular flexibility index (Phi) is 4.18. The van der Waals surface area contributed by atoms with Crippen LogP contribution in [0.1, 0.15) is 17.7 Å². The molecule has 1 aromatic heterocycles. The minimum atomic E-state index is -0.107. The van der Waals surface area contributed by atoms with E-state index in [1.165, 1.54) is 10.8 Å². The SMILES string of the molecule is CN1C[C@@H](N)C[C@H]1C(=O)N1CCc2[nH]nc(-c3cccc4ccccc34)c2C1. The van der Waals surface area contributed by atoms with Crippen molar-refractivity contribution < 1.29 is 4.79 Å². The number of benzene rings is 2. The quantitative estimate of drug-likeness (QED) is 0.719. The van der Waals surface area contributed by atoms with E-state index in [9.17, 15) is 4.79 Å². The highest BCUT2D eigenvalue weighted by atomic mass is 16.2. The molecule has 28 heavy (non-hydrogen) atoms. The zero-order chi connectivity index (χ0) is 19.3. The monoisotopic (exact) mass is 375 g/mol. The number of nitrogens with one attached hydrogen (secondary N) is 1. The van der Waals surface area contributed by atoms with Crippen LogP contribution in [0.15, 0.2) is 42.5 Å². The molecule has 1 amide bonds. The van der Waals surface area contributed by atoms with E-state index in [4.69, 9.17) is 5.73 Å². The zero-order valence-electron chi connectivity index (χ0n) is 16.1. The average Bonchev–Trinajstić information content (AvgIpc) is 3.28. The number of aromatic nitrogens is 2. The van der Waals surface area contributed by atoms with Gasteiger partial charge in [0.15, 0.2) is 0 Å². The Morgan fingerprint density at radius 2 is 2.04 bits per heavy atom. The fourth-order valence-corrected chi connectivity index (χ4v) is 4.68. The maximum absolute atomic E-state index is 13.1. The van der Waals surface area contributed by atoms with E-state index in [0.29, 0.717) is 6.54 Å². The van der Waals surface area contributed by atoms with Crippen LogP contribution < -0.4 is 5.73 Å². The first-order chi connectivity index (χ1) is 13.6. The van der Waals surface area contributed by atoms with Gasteiger partial charge in [0.2, 0.25) is 5.91 Å². The lowest BCUT2D eigenvalue weighted by atomic mass is 9.96. The number of likely N-dealkylation sites (tertiary alicyclic amines) is 1. The molecule has 0 radical (unpaired) electrons. The van der Waals surface area contributed by atoms with Crippen molar-refractivity contribution in [2.75, 3.05) is 20.1 Å². The summed E-state index contributed by atoms with van der Waals surface area (Å²) < 4.78 is 0. The number of amides is 1. The number of hydrogen-bond donors (Lipinski definition) is 2. The molecule has 5 rings (SSSR count). The van der Waals surface area contributed by atoms with Crippen LogP contribution in [-0.2, 0) is 17.8 Å². The van der Waals surface area contributed by atoms with Crippen LogP contribution in [0.4, 0.5) is 0 Å². The van der Waals surface area contributed by atoms with Gasteiger partial charge >= 0.3 is 0 Å². The minimum absolute atomic E-state index is 0.0828. The molecule has 1 saturated heterocycles. The number of rotatable bonds is 2. The predicted octanol–water partition coefficient (Wildman–Crippen LogP) is 2.15. The smallest absolute Gasteiger partial charge is 0.240 e. The number of nitrogens with zero attached hydrogens (tertiary/aromatic N) is 3. The van der Waals surface area contributed by atoms with E-state index in [2.05, 4.69) is 57.6 Å². The van der Waals surface area contributed by atoms with Crippen molar-refractivity contribution in [2.24, 2.45) is 5.73 Å². The van der Waals surface area contributed by atoms with Crippen LogP contribution in [0.2, 0.25) is 0 Å². The molecule has 144 valence electrons. The second kappa shape index (κ2) is 6.72. The molecule has 2 aliphatic heterocycles. The summed E-state index contributed by atoms with van der Waals surface area (Å²) >= 11 is 0. The summed E-state index contributed by atoms with van der Waals surface area (Å²) in [7, 11) is 1.99. The third kappa shape index (κ3) is 2.80. The van der Waals surface area contributed by atoms with Crippen molar-refractivity contribution in [3.63, 3.8) is 0 Å². The fourth-order valence-electron chi connectivity index (χ4n) is 4.68. The van der Waals surface area contributed by atoms with Gasteiger partial charge in [0.25, 0.3) is 0 Å². The molecule has 3 aromatic rings. The molecule has 2 atom stereocenters. The van der Waals surface area contributed by atoms with Gasteiger partial charge in [0.05, 0.1) is 11.7 Å². The second-order valence-corrected chi connectivity index (χ2v) is 8.02. The van der Waals surface area contributed by atoms with Gasteiger partial charge in [-0.2, -0.15) is 5.10 Å². The molecule has 6 nitrogen and oxygen atoms in total. The van der Waals surface area contributed by atoms with Gasteiger partial charge in [0.1, 0.15) is 0 Å². The summed E-state index contributed by atoms with van der Waals surface area (Å²) in [4.78, 5) is 17.2. The van der Waals surface area contributed by atoms with E-state index in [1.807, 2.05) is 11.9 Å². The number of nitrogens with two attached hydrogens (primary N) is 1. The number of aromatic amines is 1. The minimum Gasteiger partial charge on any atom is -0.336 e. The summed E-state index contributed by atoms with van der Waals surface area (Å²) in [5.41, 5.74) is 10.4. The molecule has 2 aliphatic rings. The zero-order valence-corrected chi connectivity index (χ0v) is 16.1. The van der Waals surface area contributed by atoms with E-state index >= 15 is 0 Å². The Morgan fingerprint density at radius 1 is 1.21 bits per heavy atom. The lowest BCUT2D eigenvalue weighted by Gasteiger charge is -2.31. The molecule has 1 fully saturated rings. The Balaban J connectivity index is 1.48. The van der Waals surface area contributed by atoms with Crippen molar-refractivity contribution >= 4 is 16.7 Å². The molecule has 2 aromatic carbocycles. The molecule has 6 heteroatoms. The van der Waals surface area contributed by atoms with E-state index < -0.39 is 0 Å². The summed E-state index contributed by atoms with van der Waals surface area (Å²) in [5.74, 6) is 0.186. The third-order valence-electron chi connectivity index (χ3n) is 6.16. The number of hydrogen-bond acceptors (Lipinski definition) is 4. The number of carbonyl (C=O) groups is 1. The lowest BCUT2D eigenvalue weighted by molar-refractivity contribution is -0.136. The molecule has 0 spiro atoms. The number of H-pyrrole nitrogens is 1. The molecular weight excluding hydrogens is 350 g/mol. The predicted molar refractivity (Wildman–Crippen MR) is 110 cm³/mol. The molecule has 0 bridgehead atoms. The first-order valence-corrected chi connectivity index (χ1v) is 9.90. The van der Waals surface area contributed by atoms with Crippen molar-refractivity contribution in [3.05, 3.63) is 53.7 Å². The van der Waals surface area contributed by atoms with Crippen molar-refractivity contribution in [1.29, 1.82) is 0 Å². The van der Waals surface area contributed by atoms with E-state index in [0.717, 1.165) is 48.4 Å². The Morgan fingerprint density at radius 3 is 2.86 bits per heavy atom. The molecule has 3 heterocycles. The van der Waals surface area contributed by atoms with Gasteiger partial charge in [-0.25, -0.2) is 0 Å². The average molecular weight is 375 g/mol. The van der Waals surface area contributed by atoms with Crippen molar-refractivity contribution in [1.82, 2.24) is 20.0 Å². The van der Waals surface area contributed by atoms with Gasteiger partial charge in [-0.3, -0.25) is 14.8 Å². The van der Waals surface area contributed by atoms with Gasteiger partial charge in [-0.15, -0.1) is 0 Å². The number of carbonyl (C=O) groups excluding carboxylic acids is 1. The molecular formula is C22H25N5O. The Labute approximate surface area is 164 Å². The van der Waals surface area contributed by atoms with Gasteiger partial charge in [-0.1, -0.05) is 42.5 Å². The van der Waals surface area contributed by atoms with Crippen LogP contribution >= 0.6 is 0 Å². The normalized spacial score (nSPS) is 22.6. The molecule has 0 aliphatic carbocycles. The number of likely N-dealkylation sites (N-methyl/N-ethyl adjacent to an activating group) is 1. The first-order valence-electron chi connectivity index (χ1n) is 9.90. The van der Waals surface area contributed by atoms with Gasteiger partial charge in [-0.05, 0) is 24.2 Å². The van der Waals surface area contributed by atoms with Crippen LogP contribution in [0.5, 0.6) is 0 Å². The summed E-state index contributed by atoms with van der Waals surface area (Å²) in [5, 5.41) is 10.2. The van der Waals surface area contributed by atoms with Crippen LogP contribution in [0.25, 0.3) is 22.0 Å². The largest absolute Gasteiger partial charge is 0.336 e. The van der Waals surface area contributed by atoms with E-state index in [1.54, 1.807) is 0 Å². The van der Waals surface area contributed by atoms with Crippen molar-refractivity contribution in [3.8, 4) is 11.3 Å². The maximum atomic E-state index is 13.1. The summed E-state index contributed by atoms with van der Waals surface area (Å²) in [6.07, 6.45) is 1.54. The Bertz CT molecular complexity index is 1040.